The van der Waals surface area contributed by atoms with Gasteiger partial charge >= 0.3 is 6.18 Å². The molecule has 0 aliphatic heterocycles. The fourth-order valence-corrected chi connectivity index (χ4v) is 3.77. The molecule has 1 fully saturated rings. The molecule has 152 valence electrons. The largest absolute Gasteiger partial charge is 0.418 e. The summed E-state index contributed by atoms with van der Waals surface area (Å²) in [7, 11) is 0. The standard InChI is InChI=1S/C21H14ClF3N4O/c1-10-2-3-27-8-15(10)14-4-11-6-17(29-20(30)13-5-12(13)7-26)28-9-16(11)19(22)18(14)21(23,24)25/h2-4,6,8-9,12-13H,5H2,1H3,(H,28,29,30)/t12-,13+/m1/s1. The van der Waals surface area contributed by atoms with Crippen molar-refractivity contribution in [2.75, 3.05) is 5.32 Å². The number of hydrogen-bond donors (Lipinski definition) is 1. The Balaban J connectivity index is 1.84. The Hall–Kier alpha value is -3.18. The highest BCUT2D eigenvalue weighted by atomic mass is 35.5. The van der Waals surface area contributed by atoms with Gasteiger partial charge in [0.2, 0.25) is 5.91 Å². The Morgan fingerprint density at radius 1 is 1.30 bits per heavy atom. The number of halogens is 4. The molecule has 1 aliphatic carbocycles. The predicted molar refractivity (Wildman–Crippen MR) is 106 cm³/mol. The maximum Gasteiger partial charge on any atom is 0.418 e. The number of nitriles is 1. The molecule has 1 aliphatic rings. The first-order chi connectivity index (χ1) is 14.2. The lowest BCUT2D eigenvalue weighted by Gasteiger charge is -2.18. The number of nitrogens with one attached hydrogen (secondary N) is 1. The van der Waals surface area contributed by atoms with Crippen LogP contribution in [0.5, 0.6) is 0 Å². The van der Waals surface area contributed by atoms with Gasteiger partial charge in [-0.15, -0.1) is 0 Å². The van der Waals surface area contributed by atoms with E-state index in [1.165, 1.54) is 30.7 Å². The maximum atomic E-state index is 13.9. The molecule has 0 unspecified atom stereocenters. The summed E-state index contributed by atoms with van der Waals surface area (Å²) >= 11 is 6.19. The van der Waals surface area contributed by atoms with Crippen molar-refractivity contribution < 1.29 is 18.0 Å². The number of rotatable bonds is 3. The van der Waals surface area contributed by atoms with Crippen LogP contribution in [0.4, 0.5) is 19.0 Å². The second kappa shape index (κ2) is 7.26. The first-order valence-corrected chi connectivity index (χ1v) is 9.39. The Morgan fingerprint density at radius 3 is 2.70 bits per heavy atom. The molecule has 0 saturated heterocycles. The van der Waals surface area contributed by atoms with Gasteiger partial charge in [0, 0.05) is 29.5 Å². The number of pyridine rings is 2. The van der Waals surface area contributed by atoms with Gasteiger partial charge in [0.15, 0.2) is 0 Å². The van der Waals surface area contributed by atoms with Gasteiger partial charge in [-0.25, -0.2) is 4.98 Å². The predicted octanol–water partition coefficient (Wildman–Crippen LogP) is 5.38. The minimum Gasteiger partial charge on any atom is -0.310 e. The van der Waals surface area contributed by atoms with Gasteiger partial charge in [0.25, 0.3) is 0 Å². The van der Waals surface area contributed by atoms with Gasteiger partial charge in [-0.3, -0.25) is 9.78 Å². The van der Waals surface area contributed by atoms with Crippen LogP contribution in [0.1, 0.15) is 17.5 Å². The van der Waals surface area contributed by atoms with Gasteiger partial charge in [-0.05, 0) is 48.1 Å². The average molecular weight is 431 g/mol. The lowest BCUT2D eigenvalue weighted by molar-refractivity contribution is -0.136. The normalized spacial score (nSPS) is 18.1. The Labute approximate surface area is 174 Å². The fraction of sp³-hybridized carbons (Fsp3) is 0.238. The van der Waals surface area contributed by atoms with Crippen molar-refractivity contribution in [3.05, 3.63) is 52.9 Å². The molecule has 9 heteroatoms. The van der Waals surface area contributed by atoms with Crippen molar-refractivity contribution in [3.8, 4) is 17.2 Å². The van der Waals surface area contributed by atoms with Crippen LogP contribution >= 0.6 is 11.6 Å². The van der Waals surface area contributed by atoms with E-state index in [-0.39, 0.29) is 28.6 Å². The SMILES string of the molecule is Cc1ccncc1-c1cc2cc(NC(=O)[C@H]3C[C@@H]3C#N)ncc2c(Cl)c1C(F)(F)F. The first kappa shape index (κ1) is 20.1. The Morgan fingerprint density at radius 2 is 2.07 bits per heavy atom. The van der Waals surface area contributed by atoms with E-state index in [4.69, 9.17) is 16.9 Å². The van der Waals surface area contributed by atoms with Crippen molar-refractivity contribution in [2.24, 2.45) is 11.8 Å². The minimum atomic E-state index is -4.69. The number of anilines is 1. The van der Waals surface area contributed by atoms with Gasteiger partial charge in [-0.1, -0.05) is 11.6 Å². The molecule has 3 aromatic rings. The number of alkyl halides is 3. The van der Waals surface area contributed by atoms with E-state index in [1.807, 2.05) is 6.07 Å². The molecule has 1 N–H and O–H groups in total. The zero-order chi connectivity index (χ0) is 21.6. The second-order valence-electron chi connectivity index (χ2n) is 7.16. The van der Waals surface area contributed by atoms with E-state index in [0.717, 1.165) is 0 Å². The average Bonchev–Trinajstić information content (AvgIpc) is 3.47. The molecule has 4 rings (SSSR count). The van der Waals surface area contributed by atoms with Crippen molar-refractivity contribution in [1.82, 2.24) is 9.97 Å². The number of amides is 1. The van der Waals surface area contributed by atoms with Crippen LogP contribution < -0.4 is 5.32 Å². The highest BCUT2D eigenvalue weighted by molar-refractivity contribution is 6.37. The maximum absolute atomic E-state index is 13.9. The molecule has 2 atom stereocenters. The van der Waals surface area contributed by atoms with Crippen LogP contribution in [0, 0.1) is 30.1 Å². The third kappa shape index (κ3) is 3.57. The van der Waals surface area contributed by atoms with Crippen LogP contribution in [0.2, 0.25) is 5.02 Å². The van der Waals surface area contributed by atoms with Crippen molar-refractivity contribution in [3.63, 3.8) is 0 Å². The molecule has 1 aromatic carbocycles. The van der Waals surface area contributed by atoms with Crippen LogP contribution in [0.25, 0.3) is 21.9 Å². The molecular weight excluding hydrogens is 417 g/mol. The Bertz CT molecular complexity index is 1220. The fourth-order valence-electron chi connectivity index (χ4n) is 3.40. The van der Waals surface area contributed by atoms with Gasteiger partial charge in [0.05, 0.1) is 28.5 Å². The van der Waals surface area contributed by atoms with Gasteiger partial charge < -0.3 is 5.32 Å². The molecule has 0 bridgehead atoms. The summed E-state index contributed by atoms with van der Waals surface area (Å²) in [6, 6.07) is 6.50. The third-order valence-electron chi connectivity index (χ3n) is 5.12. The molecule has 1 amide bonds. The number of carbonyl (C=O) groups excluding carboxylic acids is 1. The molecule has 1 saturated carbocycles. The van der Waals surface area contributed by atoms with E-state index in [2.05, 4.69) is 15.3 Å². The minimum absolute atomic E-state index is 0.0965. The second-order valence-corrected chi connectivity index (χ2v) is 7.54. The zero-order valence-electron chi connectivity index (χ0n) is 15.6. The molecule has 2 heterocycles. The summed E-state index contributed by atoms with van der Waals surface area (Å²) < 4.78 is 41.6. The number of benzene rings is 1. The van der Waals surface area contributed by atoms with E-state index < -0.39 is 22.7 Å². The van der Waals surface area contributed by atoms with Crippen LogP contribution in [-0.2, 0) is 11.0 Å². The van der Waals surface area contributed by atoms with Crippen LogP contribution in [0.15, 0.2) is 36.8 Å². The number of hydrogen-bond acceptors (Lipinski definition) is 4. The summed E-state index contributed by atoms with van der Waals surface area (Å²) in [5.74, 6) is -0.859. The van der Waals surface area contributed by atoms with Crippen LogP contribution in [-0.4, -0.2) is 15.9 Å². The number of fused-ring (bicyclic) bond motifs is 1. The molecule has 5 nitrogen and oxygen atoms in total. The summed E-state index contributed by atoms with van der Waals surface area (Å²) in [5, 5.41) is 11.5. The van der Waals surface area contributed by atoms with Crippen molar-refractivity contribution in [2.45, 2.75) is 19.5 Å². The van der Waals surface area contributed by atoms with E-state index in [1.54, 1.807) is 13.0 Å². The number of aromatic nitrogens is 2. The monoisotopic (exact) mass is 430 g/mol. The van der Waals surface area contributed by atoms with Crippen molar-refractivity contribution in [1.29, 1.82) is 5.26 Å². The van der Waals surface area contributed by atoms with Crippen LogP contribution in [0.3, 0.4) is 0 Å². The van der Waals surface area contributed by atoms with E-state index in [9.17, 15) is 18.0 Å². The summed E-state index contributed by atoms with van der Waals surface area (Å²) in [6.07, 6.45) is -0.133. The lowest BCUT2D eigenvalue weighted by Crippen LogP contribution is -2.15. The van der Waals surface area contributed by atoms with Gasteiger partial charge in [-0.2, -0.15) is 18.4 Å². The molecule has 0 spiro atoms. The first-order valence-electron chi connectivity index (χ1n) is 9.01. The summed E-state index contributed by atoms with van der Waals surface area (Å²) in [4.78, 5) is 20.2. The molecule has 0 radical (unpaired) electrons. The number of aryl methyl sites for hydroxylation is 1. The zero-order valence-corrected chi connectivity index (χ0v) is 16.3. The molecule has 2 aromatic heterocycles. The molecule has 30 heavy (non-hydrogen) atoms. The summed E-state index contributed by atoms with van der Waals surface area (Å²) in [5.41, 5.74) is -0.127. The lowest BCUT2D eigenvalue weighted by atomic mass is 9.94. The molecular formula is C21H14ClF3N4O. The van der Waals surface area contributed by atoms with E-state index >= 15 is 0 Å². The smallest absolute Gasteiger partial charge is 0.310 e. The van der Waals surface area contributed by atoms with E-state index in [0.29, 0.717) is 22.9 Å². The topological polar surface area (TPSA) is 78.7 Å². The highest BCUT2D eigenvalue weighted by Gasteiger charge is 2.43. The Kier molecular flexibility index (Phi) is 4.86. The van der Waals surface area contributed by atoms with Crippen molar-refractivity contribution >= 4 is 34.1 Å². The summed E-state index contributed by atoms with van der Waals surface area (Å²) in [6.45, 7) is 1.69. The third-order valence-corrected chi connectivity index (χ3v) is 5.51. The highest BCUT2D eigenvalue weighted by Crippen LogP contribution is 2.45. The number of nitrogens with zero attached hydrogens (tertiary/aromatic N) is 3. The number of carbonyl (C=O) groups is 1. The van der Waals surface area contributed by atoms with Gasteiger partial charge in [0.1, 0.15) is 5.82 Å². The quantitative estimate of drug-likeness (QED) is 0.605.